The second-order valence-electron chi connectivity index (χ2n) is 10.4. The van der Waals surface area contributed by atoms with Gasteiger partial charge in [0.15, 0.2) is 12.6 Å². The number of hydrogen-bond acceptors (Lipinski definition) is 5. The Labute approximate surface area is 195 Å². The fourth-order valence-electron chi connectivity index (χ4n) is 6.47. The number of fused-ring (bicyclic) bond motifs is 3. The monoisotopic (exact) mass is 451 g/mol. The van der Waals surface area contributed by atoms with Crippen LogP contribution >= 0.6 is 0 Å². The summed E-state index contributed by atoms with van der Waals surface area (Å²) >= 11 is 0. The van der Waals surface area contributed by atoms with Gasteiger partial charge in [0.1, 0.15) is 18.7 Å². The molecule has 33 heavy (non-hydrogen) atoms. The molecule has 176 valence electrons. The number of piperidine rings is 3. The Morgan fingerprint density at radius 1 is 1.15 bits per heavy atom. The van der Waals surface area contributed by atoms with Crippen molar-refractivity contribution in [3.8, 4) is 0 Å². The van der Waals surface area contributed by atoms with Crippen molar-refractivity contribution in [2.24, 2.45) is 11.3 Å². The van der Waals surface area contributed by atoms with Crippen LogP contribution in [0.2, 0.25) is 0 Å². The zero-order valence-corrected chi connectivity index (χ0v) is 19.4. The molecule has 0 radical (unpaired) electrons. The van der Waals surface area contributed by atoms with Gasteiger partial charge in [0, 0.05) is 25.0 Å². The second kappa shape index (κ2) is 9.37. The van der Waals surface area contributed by atoms with Crippen LogP contribution in [0.3, 0.4) is 0 Å². The number of hydrogen-bond donors (Lipinski definition) is 1. The summed E-state index contributed by atoms with van der Waals surface area (Å²) in [5.41, 5.74) is 0.783. The number of esters is 1. The predicted molar refractivity (Wildman–Crippen MR) is 125 cm³/mol. The van der Waals surface area contributed by atoms with E-state index in [-0.39, 0.29) is 18.0 Å². The molecule has 4 fully saturated rings. The Bertz CT molecular complexity index is 926. The lowest BCUT2D eigenvalue weighted by atomic mass is 9.73. The normalized spacial score (nSPS) is 30.4. The highest BCUT2D eigenvalue weighted by molar-refractivity contribution is 5.90. The molecule has 2 bridgehead atoms. The molecule has 3 aliphatic heterocycles. The lowest BCUT2D eigenvalue weighted by molar-refractivity contribution is -0.939. The number of anilines is 1. The number of nitrogens with one attached hydrogen (secondary N) is 1. The van der Waals surface area contributed by atoms with E-state index in [4.69, 9.17) is 4.74 Å². The molecule has 1 N–H and O–H groups in total. The van der Waals surface area contributed by atoms with Gasteiger partial charge in [-0.15, -0.1) is 0 Å². The standard InChI is InChI=1S/C26H34N4O3/c31-24(29-23-9-14-27-19-28-23)18-30-15-10-20(11-16-30)22(17-30)33-25(32)26(21-7-3-4-8-21)12-5-1-2-6-13-26/h3-4,7,9,14,19-20,22H,1-2,5-6,8,10-13,15-18H2/p+1/t20?,22-,30?/m0/s1. The van der Waals surface area contributed by atoms with E-state index in [2.05, 4.69) is 33.5 Å². The fraction of sp³-hybridized carbons (Fsp3) is 0.615. The SMILES string of the molecule is O=C(C[N+]12CCC(CC1)[C@@H](OC(=O)C1(C3=CC=CC3)CCCCCC1)C2)Nc1ccncn1. The van der Waals surface area contributed by atoms with Crippen LogP contribution in [0, 0.1) is 11.3 Å². The minimum absolute atomic E-state index is 0.0123. The highest BCUT2D eigenvalue weighted by Crippen LogP contribution is 2.46. The van der Waals surface area contributed by atoms with Crippen molar-refractivity contribution in [3.05, 3.63) is 42.4 Å². The molecule has 0 unspecified atom stereocenters. The number of aromatic nitrogens is 2. The fourth-order valence-corrected chi connectivity index (χ4v) is 6.47. The van der Waals surface area contributed by atoms with Gasteiger partial charge in [0.2, 0.25) is 0 Å². The van der Waals surface area contributed by atoms with Crippen molar-refractivity contribution in [1.29, 1.82) is 0 Å². The molecule has 1 aromatic rings. The lowest BCUT2D eigenvalue weighted by Gasteiger charge is -2.52. The molecule has 6 rings (SSSR count). The summed E-state index contributed by atoms with van der Waals surface area (Å²) in [4.78, 5) is 34.6. The third-order valence-corrected chi connectivity index (χ3v) is 8.36. The van der Waals surface area contributed by atoms with Gasteiger partial charge in [-0.1, -0.05) is 43.9 Å². The summed E-state index contributed by atoms with van der Waals surface area (Å²) in [6.45, 7) is 3.07. The van der Waals surface area contributed by atoms with Gasteiger partial charge in [-0.2, -0.15) is 0 Å². The van der Waals surface area contributed by atoms with Crippen LogP contribution in [0.1, 0.15) is 57.8 Å². The maximum atomic E-state index is 13.8. The first-order chi connectivity index (χ1) is 16.1. The number of allylic oxidation sites excluding steroid dienone is 3. The minimum Gasteiger partial charge on any atom is -0.455 e. The summed E-state index contributed by atoms with van der Waals surface area (Å²) in [5, 5.41) is 2.90. The third-order valence-electron chi connectivity index (χ3n) is 8.36. The van der Waals surface area contributed by atoms with E-state index in [1.165, 1.54) is 24.7 Å². The van der Waals surface area contributed by atoms with E-state index in [1.54, 1.807) is 12.3 Å². The first-order valence-electron chi connectivity index (χ1n) is 12.6. The first-order valence-corrected chi connectivity index (χ1v) is 12.6. The molecule has 0 aromatic carbocycles. The second-order valence-corrected chi connectivity index (χ2v) is 10.4. The quantitative estimate of drug-likeness (QED) is 0.404. The van der Waals surface area contributed by atoms with Gasteiger partial charge < -0.3 is 14.5 Å². The average molecular weight is 452 g/mol. The Morgan fingerprint density at radius 3 is 2.61 bits per heavy atom. The molecule has 1 aromatic heterocycles. The van der Waals surface area contributed by atoms with Crippen LogP contribution in [-0.2, 0) is 14.3 Å². The molecule has 7 heteroatoms. The Morgan fingerprint density at radius 2 is 1.94 bits per heavy atom. The summed E-state index contributed by atoms with van der Waals surface area (Å²) in [5.74, 6) is 0.887. The summed E-state index contributed by atoms with van der Waals surface area (Å²) < 4.78 is 7.08. The molecule has 0 spiro atoms. The number of amides is 1. The van der Waals surface area contributed by atoms with Gasteiger partial charge in [-0.05, 0) is 30.9 Å². The molecular formula is C26H35N4O3+. The van der Waals surface area contributed by atoms with Crippen molar-refractivity contribution < 1.29 is 18.8 Å². The van der Waals surface area contributed by atoms with Crippen molar-refractivity contribution in [2.75, 3.05) is 31.5 Å². The largest absolute Gasteiger partial charge is 0.455 e. The Hall–Kier alpha value is -2.54. The van der Waals surface area contributed by atoms with E-state index >= 15 is 0 Å². The molecule has 7 nitrogen and oxygen atoms in total. The zero-order valence-electron chi connectivity index (χ0n) is 19.4. The molecule has 2 aliphatic carbocycles. The van der Waals surface area contributed by atoms with E-state index in [0.29, 0.717) is 22.8 Å². The van der Waals surface area contributed by atoms with Gasteiger partial charge in [0.25, 0.3) is 5.91 Å². The van der Waals surface area contributed by atoms with Crippen LogP contribution in [0.15, 0.2) is 42.4 Å². The van der Waals surface area contributed by atoms with Gasteiger partial charge >= 0.3 is 5.97 Å². The number of rotatable bonds is 6. The number of carbonyl (C=O) groups is 2. The van der Waals surface area contributed by atoms with E-state index in [9.17, 15) is 9.59 Å². The molecule has 1 amide bonds. The Balaban J connectivity index is 1.27. The molecule has 1 saturated carbocycles. The molecule has 5 aliphatic rings. The molecule has 3 saturated heterocycles. The van der Waals surface area contributed by atoms with Crippen LogP contribution in [0.25, 0.3) is 0 Å². The van der Waals surface area contributed by atoms with Crippen LogP contribution in [0.5, 0.6) is 0 Å². The van der Waals surface area contributed by atoms with Gasteiger partial charge in [-0.3, -0.25) is 9.59 Å². The molecular weight excluding hydrogens is 416 g/mol. The lowest BCUT2D eigenvalue weighted by Crippen LogP contribution is -2.66. The van der Waals surface area contributed by atoms with Crippen molar-refractivity contribution >= 4 is 17.7 Å². The topological polar surface area (TPSA) is 81.2 Å². The van der Waals surface area contributed by atoms with Gasteiger partial charge in [0.05, 0.1) is 18.5 Å². The van der Waals surface area contributed by atoms with Crippen molar-refractivity contribution in [1.82, 2.24) is 9.97 Å². The van der Waals surface area contributed by atoms with Crippen molar-refractivity contribution in [2.45, 2.75) is 63.9 Å². The summed E-state index contributed by atoms with van der Waals surface area (Å²) in [6, 6.07) is 1.70. The van der Waals surface area contributed by atoms with E-state index in [0.717, 1.165) is 64.6 Å². The minimum atomic E-state index is -0.457. The predicted octanol–water partition coefficient (Wildman–Crippen LogP) is 3.79. The Kier molecular flexibility index (Phi) is 6.32. The first kappa shape index (κ1) is 22.3. The van der Waals surface area contributed by atoms with Gasteiger partial charge in [-0.25, -0.2) is 9.97 Å². The third kappa shape index (κ3) is 4.60. The highest BCUT2D eigenvalue weighted by Gasteiger charge is 2.51. The molecule has 1 atom stereocenters. The van der Waals surface area contributed by atoms with Crippen LogP contribution < -0.4 is 5.32 Å². The maximum Gasteiger partial charge on any atom is 0.316 e. The summed E-state index contributed by atoms with van der Waals surface area (Å²) in [6.07, 6.45) is 18.6. The van der Waals surface area contributed by atoms with Crippen molar-refractivity contribution in [3.63, 3.8) is 0 Å². The van der Waals surface area contributed by atoms with E-state index < -0.39 is 5.41 Å². The highest BCUT2D eigenvalue weighted by atomic mass is 16.5. The molecule has 4 heterocycles. The zero-order chi connectivity index (χ0) is 22.7. The number of nitrogens with zero attached hydrogens (tertiary/aromatic N) is 3. The van der Waals surface area contributed by atoms with Crippen LogP contribution in [-0.4, -0.2) is 58.6 Å². The maximum absolute atomic E-state index is 13.8. The number of ether oxygens (including phenoxy) is 1. The van der Waals surface area contributed by atoms with Crippen LogP contribution in [0.4, 0.5) is 5.82 Å². The van der Waals surface area contributed by atoms with E-state index in [1.807, 2.05) is 0 Å². The number of carbonyl (C=O) groups excluding carboxylic acids is 2. The average Bonchev–Trinajstić information content (AvgIpc) is 3.25. The smallest absolute Gasteiger partial charge is 0.316 e. The summed E-state index contributed by atoms with van der Waals surface area (Å²) in [7, 11) is 0. The number of quaternary nitrogens is 1.